The van der Waals surface area contributed by atoms with Gasteiger partial charge in [0.2, 0.25) is 10.0 Å². The van der Waals surface area contributed by atoms with Crippen molar-refractivity contribution in [1.29, 1.82) is 0 Å². The number of benzene rings is 3. The van der Waals surface area contributed by atoms with Crippen LogP contribution < -0.4 is 20.3 Å². The Labute approximate surface area is 194 Å². The number of nitrogen functional groups attached to an aromatic ring is 1. The number of nitro groups is 1. The summed E-state index contributed by atoms with van der Waals surface area (Å²) in [7, 11) is -13.4. The van der Waals surface area contributed by atoms with Gasteiger partial charge in [-0.1, -0.05) is 18.2 Å². The van der Waals surface area contributed by atoms with Gasteiger partial charge in [-0.05, 0) is 42.5 Å². The van der Waals surface area contributed by atoms with Gasteiger partial charge in [0.1, 0.15) is 10.6 Å². The molecule has 3 aromatic carbocycles. The largest absolute Gasteiger partial charge is 0.398 e. The van der Waals surface area contributed by atoms with Crippen LogP contribution in [0.5, 0.6) is 0 Å². The molecule has 0 radical (unpaired) electrons. The Balaban J connectivity index is 1.99. The first kappa shape index (κ1) is 25.1. The quantitative estimate of drug-likeness (QED) is 0.186. The van der Waals surface area contributed by atoms with E-state index in [4.69, 9.17) is 10.9 Å². The standard InChI is InChI=1S/C18H17N5O8S3/c19-15-8-6-12(21-16-9-7-14(32(20,26)27)11-17(16)23(24)25)10-18(15)34(30,31)22-33(28,29)13-4-2-1-3-5-13/h1-11,21-22H,19H2,(H2,20,26,27). The van der Waals surface area contributed by atoms with Gasteiger partial charge in [-0.25, -0.2) is 30.4 Å². The van der Waals surface area contributed by atoms with Gasteiger partial charge < -0.3 is 11.1 Å². The Morgan fingerprint density at radius 2 is 1.44 bits per heavy atom. The zero-order chi connectivity index (χ0) is 25.3. The van der Waals surface area contributed by atoms with Crippen LogP contribution in [0.25, 0.3) is 0 Å². The lowest BCUT2D eigenvalue weighted by atomic mass is 10.2. The summed E-state index contributed by atoms with van der Waals surface area (Å²) in [6, 6.07) is 13.0. The van der Waals surface area contributed by atoms with Gasteiger partial charge in [0.05, 0.1) is 20.4 Å². The van der Waals surface area contributed by atoms with Crippen molar-refractivity contribution in [3.8, 4) is 0 Å². The van der Waals surface area contributed by atoms with Gasteiger partial charge in [-0.2, -0.15) is 0 Å². The van der Waals surface area contributed by atoms with E-state index in [1.54, 1.807) is 10.2 Å². The molecule has 0 aliphatic heterocycles. The number of nitrogens with two attached hydrogens (primary N) is 2. The summed E-state index contributed by atoms with van der Waals surface area (Å²) in [4.78, 5) is 9.13. The smallest absolute Gasteiger partial charge is 0.294 e. The van der Waals surface area contributed by atoms with Crippen molar-refractivity contribution in [3.63, 3.8) is 0 Å². The topological polar surface area (TPSA) is 222 Å². The molecule has 0 aromatic heterocycles. The molecule has 3 rings (SSSR count). The second-order valence-corrected chi connectivity index (χ2v) is 11.9. The summed E-state index contributed by atoms with van der Waals surface area (Å²) >= 11 is 0. The van der Waals surface area contributed by atoms with Crippen LogP contribution in [0.1, 0.15) is 0 Å². The van der Waals surface area contributed by atoms with Crippen molar-refractivity contribution in [3.05, 3.63) is 76.8 Å². The normalized spacial score (nSPS) is 12.3. The molecule has 6 N–H and O–H groups in total. The minimum atomic E-state index is -4.70. The summed E-state index contributed by atoms with van der Waals surface area (Å²) in [5, 5.41) is 19.0. The first-order valence-electron chi connectivity index (χ1n) is 9.02. The van der Waals surface area contributed by atoms with Crippen molar-refractivity contribution in [2.45, 2.75) is 14.7 Å². The molecule has 180 valence electrons. The number of hydrogen-bond acceptors (Lipinski definition) is 10. The van der Waals surface area contributed by atoms with E-state index in [2.05, 4.69) is 5.32 Å². The summed E-state index contributed by atoms with van der Waals surface area (Å²) in [5.74, 6) is 0. The fraction of sp³-hybridized carbons (Fsp3) is 0. The van der Waals surface area contributed by atoms with E-state index in [-0.39, 0.29) is 22.0 Å². The van der Waals surface area contributed by atoms with Crippen LogP contribution in [-0.4, -0.2) is 30.2 Å². The average Bonchev–Trinajstić information content (AvgIpc) is 2.74. The van der Waals surface area contributed by atoms with Crippen LogP contribution in [0.3, 0.4) is 0 Å². The number of rotatable bonds is 8. The first-order valence-corrected chi connectivity index (χ1v) is 13.5. The highest BCUT2D eigenvalue weighted by molar-refractivity contribution is 8.04. The van der Waals surface area contributed by atoms with E-state index in [0.29, 0.717) is 0 Å². The number of nitrogens with one attached hydrogen (secondary N) is 2. The van der Waals surface area contributed by atoms with Gasteiger partial charge in [0, 0.05) is 11.8 Å². The van der Waals surface area contributed by atoms with Crippen molar-refractivity contribution < 1.29 is 30.2 Å². The molecule has 34 heavy (non-hydrogen) atoms. The van der Waals surface area contributed by atoms with Crippen LogP contribution in [0.4, 0.5) is 22.7 Å². The van der Waals surface area contributed by atoms with Crippen LogP contribution in [0.15, 0.2) is 81.4 Å². The Morgan fingerprint density at radius 3 is 2.03 bits per heavy atom. The zero-order valence-electron chi connectivity index (χ0n) is 16.9. The average molecular weight is 528 g/mol. The van der Waals surface area contributed by atoms with Crippen LogP contribution >= 0.6 is 0 Å². The second kappa shape index (κ2) is 8.99. The summed E-state index contributed by atoms with van der Waals surface area (Å²) < 4.78 is 75.1. The van der Waals surface area contributed by atoms with Gasteiger partial charge in [0.15, 0.2) is 0 Å². The molecular weight excluding hydrogens is 510 g/mol. The number of anilines is 3. The van der Waals surface area contributed by atoms with Crippen molar-refractivity contribution in [1.82, 2.24) is 4.13 Å². The SMILES string of the molecule is Nc1ccc(Nc2ccc(S(N)(=O)=O)cc2[N+](=O)[O-])cc1S(=O)(=O)NS(=O)(=O)c1ccccc1. The Hall–Kier alpha value is -3.57. The highest BCUT2D eigenvalue weighted by atomic mass is 32.3. The van der Waals surface area contributed by atoms with Crippen molar-refractivity contribution in [2.24, 2.45) is 5.14 Å². The number of sulfonamides is 3. The third-order valence-corrected chi connectivity index (χ3v) is 8.84. The fourth-order valence-corrected chi connectivity index (χ4v) is 6.39. The first-order chi connectivity index (χ1) is 15.7. The van der Waals surface area contributed by atoms with Gasteiger partial charge >= 0.3 is 0 Å². The molecule has 0 atom stereocenters. The van der Waals surface area contributed by atoms with E-state index in [1.807, 2.05) is 0 Å². The maximum absolute atomic E-state index is 12.8. The lowest BCUT2D eigenvalue weighted by Gasteiger charge is -2.13. The summed E-state index contributed by atoms with van der Waals surface area (Å²) in [6.45, 7) is 0. The lowest BCUT2D eigenvalue weighted by molar-refractivity contribution is -0.384. The molecule has 0 saturated carbocycles. The molecule has 13 nitrogen and oxygen atoms in total. The van der Waals surface area contributed by atoms with E-state index in [1.165, 1.54) is 30.3 Å². The lowest BCUT2D eigenvalue weighted by Crippen LogP contribution is -2.31. The fourth-order valence-electron chi connectivity index (χ4n) is 2.78. The Bertz CT molecular complexity index is 1590. The molecule has 0 spiro atoms. The molecule has 16 heteroatoms. The molecule has 0 heterocycles. The highest BCUT2D eigenvalue weighted by Gasteiger charge is 2.27. The van der Waals surface area contributed by atoms with Crippen molar-refractivity contribution in [2.75, 3.05) is 11.1 Å². The molecule has 0 fully saturated rings. The predicted molar refractivity (Wildman–Crippen MR) is 123 cm³/mol. The van der Waals surface area contributed by atoms with E-state index in [0.717, 1.165) is 30.3 Å². The predicted octanol–water partition coefficient (Wildman–Crippen LogP) is 1.24. The molecule has 0 saturated heterocycles. The molecule has 0 aliphatic rings. The third-order valence-electron chi connectivity index (χ3n) is 4.35. The Kier molecular flexibility index (Phi) is 6.63. The molecule has 0 bridgehead atoms. The third kappa shape index (κ3) is 5.49. The van der Waals surface area contributed by atoms with Crippen LogP contribution in [0.2, 0.25) is 0 Å². The highest BCUT2D eigenvalue weighted by Crippen LogP contribution is 2.32. The minimum absolute atomic E-state index is 0.0156. The van der Waals surface area contributed by atoms with E-state index in [9.17, 15) is 35.4 Å². The summed E-state index contributed by atoms with van der Waals surface area (Å²) in [6.07, 6.45) is 0. The second-order valence-electron chi connectivity index (χ2n) is 6.76. The van der Waals surface area contributed by atoms with Crippen molar-refractivity contribution >= 4 is 52.8 Å². The number of primary sulfonamides is 1. The molecule has 0 amide bonds. The molecule has 0 aliphatic carbocycles. The van der Waals surface area contributed by atoms with Gasteiger partial charge in [-0.3, -0.25) is 10.1 Å². The number of hydrogen-bond donors (Lipinski definition) is 4. The van der Waals surface area contributed by atoms with E-state index >= 15 is 0 Å². The Morgan fingerprint density at radius 1 is 0.794 bits per heavy atom. The minimum Gasteiger partial charge on any atom is -0.398 e. The van der Waals surface area contributed by atoms with Crippen LogP contribution in [-0.2, 0) is 30.1 Å². The van der Waals surface area contributed by atoms with E-state index < -0.39 is 50.5 Å². The number of nitrogens with zero attached hydrogens (tertiary/aromatic N) is 1. The number of nitro benzene ring substituents is 1. The molecule has 0 unspecified atom stereocenters. The maximum atomic E-state index is 12.8. The van der Waals surface area contributed by atoms with Gasteiger partial charge in [-0.15, -0.1) is 4.13 Å². The molecule has 3 aromatic rings. The van der Waals surface area contributed by atoms with Gasteiger partial charge in [0.25, 0.3) is 25.7 Å². The monoisotopic (exact) mass is 527 g/mol. The zero-order valence-corrected chi connectivity index (χ0v) is 19.4. The molecular formula is C18H17N5O8S3. The van der Waals surface area contributed by atoms with Crippen LogP contribution in [0, 0.1) is 10.1 Å². The summed E-state index contributed by atoms with van der Waals surface area (Å²) in [5.41, 5.74) is 4.59. The maximum Gasteiger partial charge on any atom is 0.294 e.